The zero-order chi connectivity index (χ0) is 25.0. The molecule has 34 heavy (non-hydrogen) atoms. The first kappa shape index (κ1) is 26.8. The lowest BCUT2D eigenvalue weighted by molar-refractivity contribution is -0.153. The Labute approximate surface area is 208 Å². The minimum Gasteiger partial charge on any atom is -0.461 e. The molecule has 3 aliphatic rings. The maximum atomic E-state index is 14.1. The molecule has 0 aromatic carbocycles. The highest BCUT2D eigenvalue weighted by Crippen LogP contribution is 2.67. The van der Waals surface area contributed by atoms with Crippen LogP contribution in [-0.4, -0.2) is 81.1 Å². The van der Waals surface area contributed by atoms with E-state index in [2.05, 4.69) is 20.1 Å². The van der Waals surface area contributed by atoms with Gasteiger partial charge in [-0.25, -0.2) is 0 Å². The number of esters is 1. The number of amides is 2. The van der Waals surface area contributed by atoms with E-state index in [-0.39, 0.29) is 42.2 Å². The SMILES string of the molecule is C=CCOC(=O)[C@@H]1[C@H]2C(=O)N([C@@H](CO)CC(C)C)C(C(=O)N(CC=C)CCCC)C23CC[C@H]1S3. The molecule has 0 aliphatic carbocycles. The van der Waals surface area contributed by atoms with Gasteiger partial charge in [-0.3, -0.25) is 14.4 Å². The number of fused-ring (bicyclic) bond motifs is 1. The normalized spacial score (nSPS) is 30.4. The van der Waals surface area contributed by atoms with Gasteiger partial charge in [0.1, 0.15) is 12.6 Å². The summed E-state index contributed by atoms with van der Waals surface area (Å²) >= 11 is 1.63. The lowest BCUT2D eigenvalue weighted by Crippen LogP contribution is -2.57. The van der Waals surface area contributed by atoms with Crippen molar-refractivity contribution >= 4 is 29.5 Å². The zero-order valence-electron chi connectivity index (χ0n) is 20.8. The number of aliphatic hydroxyl groups excluding tert-OH is 1. The van der Waals surface area contributed by atoms with E-state index in [1.54, 1.807) is 27.6 Å². The molecule has 3 aliphatic heterocycles. The number of thioether (sulfide) groups is 1. The Morgan fingerprint density at radius 2 is 2.09 bits per heavy atom. The molecule has 3 fully saturated rings. The number of carbonyl (C=O) groups is 3. The summed E-state index contributed by atoms with van der Waals surface area (Å²) in [6.07, 6.45) is 7.10. The fourth-order valence-corrected chi connectivity index (χ4v) is 8.25. The molecule has 0 radical (unpaired) electrons. The fraction of sp³-hybridized carbons (Fsp3) is 0.731. The number of rotatable bonds is 13. The standard InChI is InChI=1S/C26H40N2O5S/c1-6-9-13-27(12-7-2)24(31)22-26-11-10-19(34-26)20(25(32)33-14-8-3)21(26)23(30)28(22)18(16-29)15-17(4)5/h7-8,17-22,29H,2-3,6,9-16H2,1,4-5H3/t18-,19-,20+,21+,22?,26?/m1/s1. The molecular formula is C26H40N2O5S. The number of nitrogens with zero attached hydrogens (tertiary/aromatic N) is 2. The van der Waals surface area contributed by atoms with Gasteiger partial charge in [-0.2, -0.15) is 0 Å². The summed E-state index contributed by atoms with van der Waals surface area (Å²) in [5.74, 6) is -1.63. The van der Waals surface area contributed by atoms with E-state index < -0.39 is 28.7 Å². The van der Waals surface area contributed by atoms with Crippen molar-refractivity contribution in [1.82, 2.24) is 9.80 Å². The van der Waals surface area contributed by atoms with E-state index in [1.807, 2.05) is 13.8 Å². The Morgan fingerprint density at radius 3 is 2.68 bits per heavy atom. The van der Waals surface area contributed by atoms with Crippen LogP contribution in [0.15, 0.2) is 25.3 Å². The number of aliphatic hydroxyl groups is 1. The van der Waals surface area contributed by atoms with Gasteiger partial charge >= 0.3 is 5.97 Å². The van der Waals surface area contributed by atoms with Crippen molar-refractivity contribution in [2.45, 2.75) is 75.0 Å². The Kier molecular flexibility index (Phi) is 8.90. The Bertz CT molecular complexity index is 802. The molecule has 2 unspecified atom stereocenters. The van der Waals surface area contributed by atoms with Gasteiger partial charge in [-0.1, -0.05) is 45.9 Å². The predicted molar refractivity (Wildman–Crippen MR) is 134 cm³/mol. The molecule has 1 spiro atoms. The molecule has 0 aromatic heterocycles. The summed E-state index contributed by atoms with van der Waals surface area (Å²) in [4.78, 5) is 44.7. The van der Waals surface area contributed by atoms with Crippen molar-refractivity contribution in [3.05, 3.63) is 25.3 Å². The van der Waals surface area contributed by atoms with E-state index in [0.717, 1.165) is 19.3 Å². The van der Waals surface area contributed by atoms with Gasteiger partial charge in [0.25, 0.3) is 0 Å². The summed E-state index contributed by atoms with van der Waals surface area (Å²) in [6.45, 7) is 14.5. The number of likely N-dealkylation sites (tertiary alicyclic amines) is 1. The van der Waals surface area contributed by atoms with Crippen molar-refractivity contribution < 1.29 is 24.2 Å². The topological polar surface area (TPSA) is 87.1 Å². The highest BCUT2D eigenvalue weighted by Gasteiger charge is 2.74. The van der Waals surface area contributed by atoms with Crippen LogP contribution in [0.3, 0.4) is 0 Å². The Morgan fingerprint density at radius 1 is 1.35 bits per heavy atom. The first-order valence-corrected chi connectivity index (χ1v) is 13.4. The Balaban J connectivity index is 2.05. The van der Waals surface area contributed by atoms with Crippen LogP contribution in [0.2, 0.25) is 0 Å². The second kappa shape index (κ2) is 11.3. The quantitative estimate of drug-likeness (QED) is 0.314. The van der Waals surface area contributed by atoms with E-state index in [1.165, 1.54) is 6.08 Å². The van der Waals surface area contributed by atoms with Crippen LogP contribution in [0.1, 0.15) is 52.9 Å². The lowest BCUT2D eigenvalue weighted by atomic mass is 9.71. The molecule has 8 heteroatoms. The monoisotopic (exact) mass is 492 g/mol. The average molecular weight is 493 g/mol. The molecule has 6 atom stereocenters. The van der Waals surface area contributed by atoms with Crippen molar-refractivity contribution in [2.75, 3.05) is 26.3 Å². The Hall–Kier alpha value is -1.80. The third-order valence-corrected chi connectivity index (χ3v) is 9.33. The molecule has 3 saturated heterocycles. The van der Waals surface area contributed by atoms with Crippen LogP contribution in [-0.2, 0) is 19.1 Å². The van der Waals surface area contributed by atoms with Gasteiger partial charge < -0.3 is 19.6 Å². The lowest BCUT2D eigenvalue weighted by Gasteiger charge is -2.40. The van der Waals surface area contributed by atoms with Crippen molar-refractivity contribution in [2.24, 2.45) is 17.8 Å². The first-order chi connectivity index (χ1) is 16.3. The maximum Gasteiger partial charge on any atom is 0.311 e. The van der Waals surface area contributed by atoms with Gasteiger partial charge in [0.15, 0.2) is 0 Å². The molecule has 3 rings (SSSR count). The van der Waals surface area contributed by atoms with Crippen LogP contribution >= 0.6 is 11.8 Å². The molecular weight excluding hydrogens is 452 g/mol. The highest BCUT2D eigenvalue weighted by atomic mass is 32.2. The van der Waals surface area contributed by atoms with Crippen molar-refractivity contribution in [3.63, 3.8) is 0 Å². The first-order valence-electron chi connectivity index (χ1n) is 12.5. The second-order valence-electron chi connectivity index (χ2n) is 10.1. The molecule has 2 bridgehead atoms. The van der Waals surface area contributed by atoms with Crippen LogP contribution in [0.25, 0.3) is 0 Å². The largest absolute Gasteiger partial charge is 0.461 e. The average Bonchev–Trinajstić information content (AvgIpc) is 3.45. The predicted octanol–water partition coefficient (Wildman–Crippen LogP) is 3.03. The second-order valence-corrected chi connectivity index (χ2v) is 11.7. The van der Waals surface area contributed by atoms with Crippen LogP contribution in [0.5, 0.6) is 0 Å². The van der Waals surface area contributed by atoms with Crippen molar-refractivity contribution in [1.29, 1.82) is 0 Å². The van der Waals surface area contributed by atoms with Crippen molar-refractivity contribution in [3.8, 4) is 0 Å². The van der Waals surface area contributed by atoms with E-state index >= 15 is 0 Å². The van der Waals surface area contributed by atoms with Crippen LogP contribution in [0.4, 0.5) is 0 Å². The molecule has 3 heterocycles. The number of carbonyl (C=O) groups excluding carboxylic acids is 3. The summed E-state index contributed by atoms with van der Waals surface area (Å²) in [5, 5.41) is 10.3. The minimum atomic E-state index is -0.704. The van der Waals surface area contributed by atoms with Gasteiger partial charge in [-0.15, -0.1) is 18.3 Å². The minimum absolute atomic E-state index is 0.0371. The fourth-order valence-electron chi connectivity index (χ4n) is 6.06. The number of hydrogen-bond acceptors (Lipinski definition) is 6. The zero-order valence-corrected chi connectivity index (χ0v) is 21.6. The van der Waals surface area contributed by atoms with Gasteiger partial charge in [0.2, 0.25) is 11.8 Å². The third-order valence-electron chi connectivity index (χ3n) is 7.38. The van der Waals surface area contributed by atoms with Crippen LogP contribution < -0.4 is 0 Å². The summed E-state index contributed by atoms with van der Waals surface area (Å²) in [6, 6.07) is -1.17. The summed E-state index contributed by atoms with van der Waals surface area (Å²) < 4.78 is 4.73. The summed E-state index contributed by atoms with van der Waals surface area (Å²) in [5.41, 5.74) is 0. The molecule has 0 aromatic rings. The number of unbranched alkanes of at least 4 members (excludes halogenated alkanes) is 1. The van der Waals surface area contributed by atoms with E-state index in [9.17, 15) is 19.5 Å². The molecule has 7 nitrogen and oxygen atoms in total. The van der Waals surface area contributed by atoms with Gasteiger partial charge in [0.05, 0.1) is 29.2 Å². The maximum absolute atomic E-state index is 14.1. The molecule has 2 amide bonds. The number of ether oxygens (including phenoxy) is 1. The van der Waals surface area contributed by atoms with Gasteiger partial charge in [0, 0.05) is 18.3 Å². The highest BCUT2D eigenvalue weighted by molar-refractivity contribution is 8.02. The number of hydrogen-bond donors (Lipinski definition) is 1. The van der Waals surface area contributed by atoms with Crippen LogP contribution in [0, 0.1) is 17.8 Å². The third kappa shape index (κ3) is 4.68. The van der Waals surface area contributed by atoms with Gasteiger partial charge in [-0.05, 0) is 31.6 Å². The van der Waals surface area contributed by atoms with E-state index in [0.29, 0.717) is 25.9 Å². The van der Waals surface area contributed by atoms with E-state index in [4.69, 9.17) is 4.74 Å². The molecule has 0 saturated carbocycles. The molecule has 1 N–H and O–H groups in total. The summed E-state index contributed by atoms with van der Waals surface area (Å²) in [7, 11) is 0. The smallest absolute Gasteiger partial charge is 0.311 e. The molecule has 190 valence electrons.